The number of anilines is 1. The minimum absolute atomic E-state index is 0.589. The van der Waals surface area contributed by atoms with Crippen LogP contribution in [0.3, 0.4) is 0 Å². The van der Waals surface area contributed by atoms with Crippen LogP contribution in [-0.4, -0.2) is 4.98 Å². The summed E-state index contributed by atoms with van der Waals surface area (Å²) in [5.74, 6) is 0. The number of thiophene rings is 1. The quantitative estimate of drug-likeness (QED) is 0.260. The summed E-state index contributed by atoms with van der Waals surface area (Å²) in [4.78, 5) is 7.34. The van der Waals surface area contributed by atoms with Crippen LogP contribution in [0.15, 0.2) is 78.5 Å². The van der Waals surface area contributed by atoms with Gasteiger partial charge in [-0.05, 0) is 53.6 Å². The molecule has 0 atom stereocenters. The smallest absolute Gasteiger partial charge is 0.0554 e. The number of thiol groups is 1. The Morgan fingerprint density at radius 3 is 2.45 bits per heavy atom. The number of aromatic nitrogens is 1. The van der Waals surface area contributed by atoms with Crippen LogP contribution in [0, 0.1) is 0 Å². The zero-order valence-electron chi connectivity index (χ0n) is 16.4. The molecule has 0 spiro atoms. The average molecular weight is 484 g/mol. The number of nitrogen functional groups attached to an aromatic ring is 1. The third kappa shape index (κ3) is 5.08. The highest BCUT2D eigenvalue weighted by Gasteiger charge is 2.15. The van der Waals surface area contributed by atoms with Crippen molar-refractivity contribution in [1.29, 1.82) is 0 Å². The van der Waals surface area contributed by atoms with E-state index in [2.05, 4.69) is 59.8 Å². The van der Waals surface area contributed by atoms with Crippen LogP contribution < -0.4 is 11.1 Å². The normalized spacial score (nSPS) is 12.0. The number of hydrogen-bond acceptors (Lipinski definition) is 5. The molecule has 2 aromatic heterocycles. The van der Waals surface area contributed by atoms with Crippen molar-refractivity contribution >= 4 is 58.6 Å². The molecule has 0 aliphatic carbocycles. The lowest BCUT2D eigenvalue weighted by Gasteiger charge is -2.02. The van der Waals surface area contributed by atoms with Gasteiger partial charge in [0.15, 0.2) is 0 Å². The molecule has 0 amide bonds. The Labute approximate surface area is 201 Å². The molecule has 0 saturated heterocycles. The summed E-state index contributed by atoms with van der Waals surface area (Å²) in [5, 5.41) is 4.51. The summed E-state index contributed by atoms with van der Waals surface area (Å²) < 4.78 is 0. The molecule has 3 N–H and O–H groups in total. The minimum atomic E-state index is 0.589. The van der Waals surface area contributed by atoms with E-state index in [1.165, 1.54) is 26.4 Å². The molecule has 3 nitrogen and oxygen atoms in total. The summed E-state index contributed by atoms with van der Waals surface area (Å²) in [5.41, 5.74) is 12.4. The first kappa shape index (κ1) is 21.8. The Kier molecular flexibility index (Phi) is 6.58. The van der Waals surface area contributed by atoms with E-state index in [1.54, 1.807) is 35.7 Å². The average Bonchev–Trinajstić information content (AvgIpc) is 3.39. The number of rotatable bonds is 2. The van der Waals surface area contributed by atoms with Crippen molar-refractivity contribution in [1.82, 2.24) is 10.3 Å². The second-order valence-electron chi connectivity index (χ2n) is 6.97. The monoisotopic (exact) mass is 483 g/mol. The zero-order valence-corrected chi connectivity index (χ0v) is 19.6. The van der Waals surface area contributed by atoms with E-state index in [0.717, 1.165) is 22.7 Å². The van der Waals surface area contributed by atoms with Gasteiger partial charge in [-0.25, -0.2) is 0 Å². The van der Waals surface area contributed by atoms with E-state index in [4.69, 9.17) is 28.9 Å². The first-order valence-corrected chi connectivity index (χ1v) is 11.4. The van der Waals surface area contributed by atoms with Crippen LogP contribution in [0.1, 0.15) is 11.1 Å². The van der Waals surface area contributed by atoms with Gasteiger partial charge >= 0.3 is 0 Å². The first-order valence-electron chi connectivity index (χ1n) is 9.42. The van der Waals surface area contributed by atoms with Crippen LogP contribution in [0.5, 0.6) is 0 Å². The molecular formula is C24H19Cl2N3S2. The van der Waals surface area contributed by atoms with Crippen molar-refractivity contribution in [3.8, 4) is 20.9 Å². The van der Waals surface area contributed by atoms with E-state index < -0.39 is 0 Å². The van der Waals surface area contributed by atoms with Crippen molar-refractivity contribution in [2.75, 3.05) is 5.73 Å². The number of pyridine rings is 1. The van der Waals surface area contributed by atoms with Gasteiger partial charge in [0, 0.05) is 55.4 Å². The van der Waals surface area contributed by atoms with E-state index in [1.807, 2.05) is 12.3 Å². The zero-order chi connectivity index (χ0) is 22.0. The fourth-order valence-electron chi connectivity index (χ4n) is 3.21. The molecule has 0 fully saturated rings. The van der Waals surface area contributed by atoms with Gasteiger partial charge in [-0.3, -0.25) is 4.98 Å². The Bertz CT molecular complexity index is 1270. The standard InChI is InChI=1S/C18H15N3S.C6H4Cl2S/c1-11-16-3-2-12(6-13(16)9-21-11)17-4-5-18(22-17)14-7-15(19)10-20-8-14;7-4-1-2-6(9)5(8)3-4/h2-8,10,21H,1,9,19H2;1-3,9H. The lowest BCUT2D eigenvalue weighted by atomic mass is 10.0. The van der Waals surface area contributed by atoms with Gasteiger partial charge in [0.1, 0.15) is 0 Å². The topological polar surface area (TPSA) is 50.9 Å². The first-order chi connectivity index (χ1) is 14.9. The lowest BCUT2D eigenvalue weighted by molar-refractivity contribution is 0.946. The highest BCUT2D eigenvalue weighted by molar-refractivity contribution is 7.80. The molecule has 5 rings (SSSR count). The Morgan fingerprint density at radius 2 is 1.74 bits per heavy atom. The molecule has 156 valence electrons. The summed E-state index contributed by atoms with van der Waals surface area (Å²) in [7, 11) is 0. The molecule has 7 heteroatoms. The molecule has 4 aromatic rings. The molecule has 1 aliphatic heterocycles. The van der Waals surface area contributed by atoms with Crippen LogP contribution in [0.25, 0.3) is 26.6 Å². The van der Waals surface area contributed by atoms with Crippen molar-refractivity contribution in [2.45, 2.75) is 11.4 Å². The number of hydrogen-bond donors (Lipinski definition) is 3. The maximum absolute atomic E-state index is 5.82. The molecule has 0 saturated carbocycles. The van der Waals surface area contributed by atoms with Crippen molar-refractivity contribution < 1.29 is 0 Å². The Balaban J connectivity index is 0.000000217. The summed E-state index contributed by atoms with van der Waals surface area (Å²) in [6, 6.07) is 17.9. The third-order valence-corrected chi connectivity index (χ3v) is 7.02. The minimum Gasteiger partial charge on any atom is -0.397 e. The predicted octanol–water partition coefficient (Wildman–Crippen LogP) is 7.42. The number of halogens is 2. The fourth-order valence-corrected chi connectivity index (χ4v) is 4.74. The molecule has 0 radical (unpaired) electrons. The van der Waals surface area contributed by atoms with Crippen molar-refractivity contribution in [3.05, 3.63) is 94.7 Å². The molecule has 31 heavy (non-hydrogen) atoms. The second-order valence-corrected chi connectivity index (χ2v) is 9.38. The highest BCUT2D eigenvalue weighted by Crippen LogP contribution is 2.36. The fraction of sp³-hybridized carbons (Fsp3) is 0.0417. The molecule has 0 unspecified atom stereocenters. The maximum Gasteiger partial charge on any atom is 0.0554 e. The van der Waals surface area contributed by atoms with E-state index in [0.29, 0.717) is 15.7 Å². The van der Waals surface area contributed by atoms with Gasteiger partial charge in [0.05, 0.1) is 10.7 Å². The number of fused-ring (bicyclic) bond motifs is 1. The number of benzene rings is 2. The van der Waals surface area contributed by atoms with Crippen molar-refractivity contribution in [3.63, 3.8) is 0 Å². The Morgan fingerprint density at radius 1 is 0.968 bits per heavy atom. The lowest BCUT2D eigenvalue weighted by Crippen LogP contribution is -1.98. The highest BCUT2D eigenvalue weighted by atomic mass is 35.5. The number of nitrogens with two attached hydrogens (primary N) is 1. The van der Waals surface area contributed by atoms with Gasteiger partial charge in [-0.2, -0.15) is 0 Å². The van der Waals surface area contributed by atoms with Gasteiger partial charge in [0.25, 0.3) is 0 Å². The van der Waals surface area contributed by atoms with Gasteiger partial charge < -0.3 is 11.1 Å². The molecular weight excluding hydrogens is 465 g/mol. The van der Waals surface area contributed by atoms with Crippen LogP contribution in [-0.2, 0) is 6.54 Å². The molecule has 3 heterocycles. The number of nitrogens with zero attached hydrogens (tertiary/aromatic N) is 1. The van der Waals surface area contributed by atoms with Crippen LogP contribution in [0.2, 0.25) is 10.0 Å². The van der Waals surface area contributed by atoms with Crippen molar-refractivity contribution in [2.24, 2.45) is 0 Å². The van der Waals surface area contributed by atoms with Gasteiger partial charge in [0.2, 0.25) is 0 Å². The summed E-state index contributed by atoms with van der Waals surface area (Å²) >= 11 is 17.1. The third-order valence-electron chi connectivity index (χ3n) is 4.77. The number of nitrogens with one attached hydrogen (secondary N) is 1. The van der Waals surface area contributed by atoms with E-state index in [9.17, 15) is 0 Å². The SMILES string of the molecule is C=C1NCc2cc(-c3ccc(-c4cncc(N)c4)s3)ccc21.Sc1ccc(Cl)cc1Cl. The van der Waals surface area contributed by atoms with E-state index in [-0.39, 0.29) is 0 Å². The van der Waals surface area contributed by atoms with Crippen LogP contribution in [0.4, 0.5) is 5.69 Å². The Hall–Kier alpha value is -2.44. The van der Waals surface area contributed by atoms with Gasteiger partial charge in [-0.1, -0.05) is 41.9 Å². The molecule has 1 aliphatic rings. The summed E-state index contributed by atoms with van der Waals surface area (Å²) in [6.45, 7) is 4.88. The summed E-state index contributed by atoms with van der Waals surface area (Å²) in [6.07, 6.45) is 3.51. The second kappa shape index (κ2) is 9.37. The largest absolute Gasteiger partial charge is 0.397 e. The maximum atomic E-state index is 5.82. The van der Waals surface area contributed by atoms with E-state index >= 15 is 0 Å². The molecule has 2 aromatic carbocycles. The van der Waals surface area contributed by atoms with Crippen LogP contribution >= 0.6 is 47.2 Å². The molecule has 0 bridgehead atoms. The van der Waals surface area contributed by atoms with Gasteiger partial charge in [-0.15, -0.1) is 24.0 Å². The predicted molar refractivity (Wildman–Crippen MR) is 137 cm³/mol.